The van der Waals surface area contributed by atoms with E-state index in [0.29, 0.717) is 0 Å². The molecule has 1 aliphatic heterocycles. The van der Waals surface area contributed by atoms with Gasteiger partial charge in [0.15, 0.2) is 0 Å². The Morgan fingerprint density at radius 1 is 1.09 bits per heavy atom. The Morgan fingerprint density at radius 3 is 2.29 bits per heavy atom. The van der Waals surface area contributed by atoms with Gasteiger partial charge in [-0.2, -0.15) is 35.1 Å². The number of carbonyl (C=O) groups excluding carboxylic acids is 3. The highest BCUT2D eigenvalue weighted by atomic mass is 19.4. The lowest BCUT2D eigenvalue weighted by molar-refractivity contribution is -0.278. The van der Waals surface area contributed by atoms with Crippen LogP contribution in [0.3, 0.4) is 0 Å². The van der Waals surface area contributed by atoms with Crippen LogP contribution in [-0.2, 0) is 14.4 Å². The molecular formula is C19H20F8N4O3. The monoisotopic (exact) mass is 504 g/mol. The van der Waals surface area contributed by atoms with Gasteiger partial charge in [0.25, 0.3) is 0 Å². The maximum absolute atomic E-state index is 13.0. The molecule has 0 spiro atoms. The van der Waals surface area contributed by atoms with Gasteiger partial charge in [0.05, 0.1) is 24.3 Å². The molecule has 1 unspecified atom stereocenters. The molecule has 190 valence electrons. The summed E-state index contributed by atoms with van der Waals surface area (Å²) in [6, 6.07) is 4.46. The SMILES string of the molecule is CC(C(=O)NCC(F)(F)C(F)(F)F)C(=O)N[C@H]1CN(CCC(F)(F)F)c2ccccc2NC1=O. The zero-order valence-corrected chi connectivity index (χ0v) is 17.5. The number of hydrogen-bond donors (Lipinski definition) is 3. The summed E-state index contributed by atoms with van der Waals surface area (Å²) in [5.41, 5.74) is 0.420. The quantitative estimate of drug-likeness (QED) is 0.394. The second-order valence-electron chi connectivity index (χ2n) is 7.52. The van der Waals surface area contributed by atoms with Gasteiger partial charge in [-0.15, -0.1) is 0 Å². The van der Waals surface area contributed by atoms with Crippen LogP contribution in [0.5, 0.6) is 0 Å². The Hall–Kier alpha value is -3.13. The fourth-order valence-corrected chi connectivity index (χ4v) is 2.93. The maximum atomic E-state index is 13.0. The molecule has 7 nitrogen and oxygen atoms in total. The van der Waals surface area contributed by atoms with Gasteiger partial charge in [-0.1, -0.05) is 12.1 Å². The molecule has 3 N–H and O–H groups in total. The molecule has 1 aliphatic rings. The highest BCUT2D eigenvalue weighted by Crippen LogP contribution is 2.34. The van der Waals surface area contributed by atoms with Crippen LogP contribution in [0.4, 0.5) is 46.5 Å². The summed E-state index contributed by atoms with van der Waals surface area (Å²) in [7, 11) is 0. The largest absolute Gasteiger partial charge is 0.455 e. The lowest BCUT2D eigenvalue weighted by Crippen LogP contribution is -2.53. The summed E-state index contributed by atoms with van der Waals surface area (Å²) < 4.78 is 101. The topological polar surface area (TPSA) is 90.5 Å². The number of halogens is 8. The van der Waals surface area contributed by atoms with E-state index in [-0.39, 0.29) is 11.4 Å². The molecule has 15 heteroatoms. The van der Waals surface area contributed by atoms with Crippen LogP contribution in [0.15, 0.2) is 24.3 Å². The molecule has 1 aromatic rings. The number of fused-ring (bicyclic) bond motifs is 1. The number of alkyl halides is 8. The van der Waals surface area contributed by atoms with Crippen molar-refractivity contribution in [2.75, 3.05) is 29.9 Å². The number of benzene rings is 1. The first-order valence-electron chi connectivity index (χ1n) is 9.76. The number of anilines is 2. The molecule has 3 amide bonds. The van der Waals surface area contributed by atoms with E-state index in [1.807, 2.05) is 0 Å². The summed E-state index contributed by atoms with van der Waals surface area (Å²) in [5, 5.41) is 5.89. The van der Waals surface area contributed by atoms with E-state index in [1.165, 1.54) is 34.5 Å². The predicted molar refractivity (Wildman–Crippen MR) is 103 cm³/mol. The predicted octanol–water partition coefficient (Wildman–Crippen LogP) is 2.83. The molecule has 1 aromatic carbocycles. The molecule has 0 saturated carbocycles. The minimum Gasteiger partial charge on any atom is -0.367 e. The van der Waals surface area contributed by atoms with Crippen molar-refractivity contribution in [3.8, 4) is 0 Å². The second kappa shape index (κ2) is 10.0. The van der Waals surface area contributed by atoms with Crippen molar-refractivity contribution >= 4 is 29.1 Å². The lowest BCUT2D eigenvalue weighted by atomic mass is 10.1. The maximum Gasteiger partial charge on any atom is 0.455 e. The molecular weight excluding hydrogens is 484 g/mol. The van der Waals surface area contributed by atoms with E-state index in [1.54, 1.807) is 0 Å². The van der Waals surface area contributed by atoms with Crippen LogP contribution in [0, 0.1) is 5.92 Å². The average Bonchev–Trinajstić information content (AvgIpc) is 2.85. The third kappa shape index (κ3) is 6.93. The molecule has 0 fully saturated rings. The third-order valence-electron chi connectivity index (χ3n) is 4.89. The normalized spacial score (nSPS) is 17.9. The van der Waals surface area contributed by atoms with Crippen molar-refractivity contribution < 1.29 is 49.5 Å². The molecule has 0 radical (unpaired) electrons. The number of nitrogens with one attached hydrogen (secondary N) is 3. The molecule has 0 aliphatic carbocycles. The van der Waals surface area contributed by atoms with Crippen LogP contribution in [0.2, 0.25) is 0 Å². The Bertz CT molecular complexity index is 920. The van der Waals surface area contributed by atoms with E-state index in [2.05, 4.69) is 10.6 Å². The van der Waals surface area contributed by atoms with Crippen molar-refractivity contribution in [1.82, 2.24) is 10.6 Å². The average molecular weight is 504 g/mol. The number of amides is 3. The van der Waals surface area contributed by atoms with Gasteiger partial charge < -0.3 is 20.9 Å². The van der Waals surface area contributed by atoms with Crippen molar-refractivity contribution in [2.24, 2.45) is 5.92 Å². The Balaban J connectivity index is 2.10. The fraction of sp³-hybridized carbons (Fsp3) is 0.526. The van der Waals surface area contributed by atoms with E-state index in [0.717, 1.165) is 6.92 Å². The van der Waals surface area contributed by atoms with Crippen LogP contribution in [-0.4, -0.2) is 61.7 Å². The Labute approximate surface area is 187 Å². The lowest BCUT2D eigenvalue weighted by Gasteiger charge is -2.27. The number of hydrogen-bond acceptors (Lipinski definition) is 4. The summed E-state index contributed by atoms with van der Waals surface area (Å²) in [5.74, 6) is -10.5. The van der Waals surface area contributed by atoms with Crippen molar-refractivity contribution in [2.45, 2.75) is 37.7 Å². The van der Waals surface area contributed by atoms with Crippen LogP contribution >= 0.6 is 0 Å². The summed E-state index contributed by atoms with van der Waals surface area (Å²) in [6.45, 7) is -2.19. The summed E-state index contributed by atoms with van der Waals surface area (Å²) >= 11 is 0. The minimum atomic E-state index is -5.92. The fourth-order valence-electron chi connectivity index (χ4n) is 2.93. The number of rotatable bonds is 7. The standard InChI is InChI=1S/C19H20F8N4O3/c1-10(14(32)28-9-17(20,21)19(25,26)27)15(33)30-12-8-31(7-6-18(22,23)24)13-5-3-2-4-11(13)29-16(12)34/h2-5,10,12H,6-9H2,1H3,(H,28,32)(H,29,34)(H,30,33)/t10?,12-/m0/s1. The number of carbonyl (C=O) groups is 3. The second-order valence-corrected chi connectivity index (χ2v) is 7.52. The first kappa shape index (κ1) is 27.1. The molecule has 1 heterocycles. The Kier molecular flexibility index (Phi) is 7.98. The Morgan fingerprint density at radius 2 is 1.71 bits per heavy atom. The molecule has 0 aromatic heterocycles. The molecule has 34 heavy (non-hydrogen) atoms. The smallest absolute Gasteiger partial charge is 0.367 e. The van der Waals surface area contributed by atoms with Crippen LogP contribution in [0.25, 0.3) is 0 Å². The van der Waals surface area contributed by atoms with Crippen molar-refractivity contribution in [3.05, 3.63) is 24.3 Å². The van der Waals surface area contributed by atoms with E-state index in [9.17, 15) is 49.5 Å². The van der Waals surface area contributed by atoms with Gasteiger partial charge in [0.2, 0.25) is 17.7 Å². The zero-order chi connectivity index (χ0) is 25.9. The van der Waals surface area contributed by atoms with E-state index < -0.39 is 74.0 Å². The van der Waals surface area contributed by atoms with Crippen molar-refractivity contribution in [3.63, 3.8) is 0 Å². The molecule has 2 atom stereocenters. The van der Waals surface area contributed by atoms with Crippen molar-refractivity contribution in [1.29, 1.82) is 0 Å². The molecule has 0 saturated heterocycles. The number of para-hydroxylation sites is 2. The van der Waals surface area contributed by atoms with Gasteiger partial charge in [-0.25, -0.2) is 0 Å². The summed E-state index contributed by atoms with van der Waals surface area (Å²) in [4.78, 5) is 38.0. The third-order valence-corrected chi connectivity index (χ3v) is 4.89. The van der Waals surface area contributed by atoms with Gasteiger partial charge in [0, 0.05) is 13.1 Å². The summed E-state index contributed by atoms with van der Waals surface area (Å²) in [6.07, 6.45) is -11.7. The zero-order valence-electron chi connectivity index (χ0n) is 17.5. The highest BCUT2D eigenvalue weighted by molar-refractivity contribution is 6.04. The highest BCUT2D eigenvalue weighted by Gasteiger charge is 2.57. The first-order valence-corrected chi connectivity index (χ1v) is 9.76. The molecule has 2 rings (SSSR count). The van der Waals surface area contributed by atoms with Gasteiger partial charge in [-0.3, -0.25) is 14.4 Å². The van der Waals surface area contributed by atoms with Gasteiger partial charge in [0.1, 0.15) is 12.0 Å². The molecule has 0 bridgehead atoms. The van der Waals surface area contributed by atoms with E-state index in [4.69, 9.17) is 0 Å². The number of nitrogens with zero attached hydrogens (tertiary/aromatic N) is 1. The van der Waals surface area contributed by atoms with E-state index >= 15 is 0 Å². The van der Waals surface area contributed by atoms with Crippen LogP contribution in [0.1, 0.15) is 13.3 Å². The van der Waals surface area contributed by atoms with Gasteiger partial charge in [-0.05, 0) is 19.1 Å². The first-order chi connectivity index (χ1) is 15.5. The van der Waals surface area contributed by atoms with Crippen LogP contribution < -0.4 is 20.9 Å². The van der Waals surface area contributed by atoms with Gasteiger partial charge >= 0.3 is 18.3 Å². The minimum absolute atomic E-state index is 0.173.